The third-order valence-electron chi connectivity index (χ3n) is 15.9. The van der Waals surface area contributed by atoms with E-state index in [9.17, 15) is 0 Å². The average molecular weight is 949 g/mol. The van der Waals surface area contributed by atoms with Gasteiger partial charge in [0.15, 0.2) is 0 Å². The van der Waals surface area contributed by atoms with E-state index in [2.05, 4.69) is 280 Å². The standard InChI is InChI=1S/C71H52N2O/c1-45-25-33-51(34-26-45)72(52-37-29-49(30-38-52)56-17-7-5-15-47(56)3)55-41-42-60-64(43-55)71(62-22-12-9-19-58(62)59-20-10-13-23-63(59)71)65-44-66(69-61-21-11-14-24-67(61)74-70(69)68(60)65)73(53-35-27-46(2)28-36-53)54-39-31-50(32-40-54)57-18-8-6-16-48(57)4/h5-44H,1-4H3. The summed E-state index contributed by atoms with van der Waals surface area (Å²) in [4.78, 5) is 4.88. The summed E-state index contributed by atoms with van der Waals surface area (Å²) in [6, 6.07) is 89.8. The Bertz CT molecular complexity index is 4120. The molecule has 12 aromatic rings. The van der Waals surface area contributed by atoms with Gasteiger partial charge in [0, 0.05) is 39.4 Å². The van der Waals surface area contributed by atoms with Gasteiger partial charge < -0.3 is 14.2 Å². The van der Waals surface area contributed by atoms with Crippen molar-refractivity contribution in [1.29, 1.82) is 0 Å². The van der Waals surface area contributed by atoms with Crippen molar-refractivity contribution in [3.8, 4) is 44.5 Å². The first-order valence-electron chi connectivity index (χ1n) is 25.7. The van der Waals surface area contributed by atoms with Gasteiger partial charge >= 0.3 is 0 Å². The second-order valence-corrected chi connectivity index (χ2v) is 20.3. The molecule has 11 aromatic carbocycles. The molecule has 14 rings (SSSR count). The molecule has 0 saturated carbocycles. The fraction of sp³-hybridized carbons (Fsp3) is 0.0704. The van der Waals surface area contributed by atoms with E-state index in [4.69, 9.17) is 4.42 Å². The molecule has 0 saturated heterocycles. The Kier molecular flexibility index (Phi) is 10.00. The van der Waals surface area contributed by atoms with E-state index >= 15 is 0 Å². The normalized spacial score (nSPS) is 12.7. The van der Waals surface area contributed by atoms with Crippen LogP contribution in [-0.2, 0) is 5.41 Å². The molecule has 0 radical (unpaired) electrons. The molecule has 2 aliphatic carbocycles. The molecular formula is C71H52N2O. The van der Waals surface area contributed by atoms with E-state index in [1.54, 1.807) is 0 Å². The Labute approximate surface area is 432 Å². The van der Waals surface area contributed by atoms with Crippen LogP contribution in [-0.4, -0.2) is 0 Å². The van der Waals surface area contributed by atoms with Gasteiger partial charge in [0.25, 0.3) is 0 Å². The van der Waals surface area contributed by atoms with Crippen LogP contribution in [0.4, 0.5) is 34.1 Å². The summed E-state index contributed by atoms with van der Waals surface area (Å²) in [5.74, 6) is 0. The minimum atomic E-state index is -0.697. The van der Waals surface area contributed by atoms with Crippen LogP contribution in [0.25, 0.3) is 66.4 Å². The van der Waals surface area contributed by atoms with Gasteiger partial charge in [-0.05, 0) is 173 Å². The van der Waals surface area contributed by atoms with E-state index in [1.165, 1.54) is 83.5 Å². The summed E-state index contributed by atoms with van der Waals surface area (Å²) in [7, 11) is 0. The molecule has 0 unspecified atom stereocenters. The van der Waals surface area contributed by atoms with Crippen molar-refractivity contribution in [3.63, 3.8) is 0 Å². The Morgan fingerprint density at radius 1 is 0.338 bits per heavy atom. The number of aryl methyl sites for hydroxylation is 4. The second-order valence-electron chi connectivity index (χ2n) is 20.3. The number of benzene rings is 11. The number of hydrogen-bond donors (Lipinski definition) is 0. The van der Waals surface area contributed by atoms with Crippen LogP contribution in [0, 0.1) is 27.7 Å². The number of hydrogen-bond acceptors (Lipinski definition) is 3. The predicted octanol–water partition coefficient (Wildman–Crippen LogP) is 19.4. The number of anilines is 6. The molecule has 1 heterocycles. The average Bonchev–Trinajstić information content (AvgIpc) is 4.08. The topological polar surface area (TPSA) is 19.6 Å². The molecule has 352 valence electrons. The maximum atomic E-state index is 7.35. The number of fused-ring (bicyclic) bond motifs is 14. The highest BCUT2D eigenvalue weighted by Gasteiger charge is 2.53. The maximum absolute atomic E-state index is 7.35. The lowest BCUT2D eigenvalue weighted by molar-refractivity contribution is 0.669. The van der Waals surface area contributed by atoms with E-state index in [-0.39, 0.29) is 0 Å². The summed E-state index contributed by atoms with van der Waals surface area (Å²) in [5.41, 5.74) is 27.2. The molecule has 3 heteroatoms. The highest BCUT2D eigenvalue weighted by molar-refractivity contribution is 6.20. The molecule has 0 amide bonds. The van der Waals surface area contributed by atoms with Gasteiger partial charge in [-0.25, -0.2) is 0 Å². The first kappa shape index (κ1) is 43.6. The number of furan rings is 1. The lowest BCUT2D eigenvalue weighted by Gasteiger charge is -2.33. The highest BCUT2D eigenvalue weighted by Crippen LogP contribution is 2.66. The molecule has 0 fully saturated rings. The van der Waals surface area contributed by atoms with Crippen LogP contribution in [0.1, 0.15) is 44.5 Å². The van der Waals surface area contributed by atoms with Crippen LogP contribution in [0.3, 0.4) is 0 Å². The molecule has 0 atom stereocenters. The molecule has 2 aliphatic rings. The summed E-state index contributed by atoms with van der Waals surface area (Å²) >= 11 is 0. The highest BCUT2D eigenvalue weighted by atomic mass is 16.3. The third-order valence-corrected chi connectivity index (χ3v) is 15.9. The van der Waals surface area contributed by atoms with Gasteiger partial charge in [-0.15, -0.1) is 0 Å². The van der Waals surface area contributed by atoms with Gasteiger partial charge in [0.05, 0.1) is 16.5 Å². The minimum absolute atomic E-state index is 0.697. The zero-order valence-electron chi connectivity index (χ0n) is 41.9. The molecule has 3 nitrogen and oxygen atoms in total. The van der Waals surface area contributed by atoms with Gasteiger partial charge in [0.2, 0.25) is 0 Å². The SMILES string of the molecule is Cc1ccc(N(c2ccc(-c3ccccc3C)cc2)c2ccc3c(c2)C2(c4ccccc4-c4ccccc42)c2cc(N(c4ccc(C)cc4)c4ccc(-c5ccccc5C)cc4)c4c(oc5ccccc54)c2-3)cc1. The summed E-state index contributed by atoms with van der Waals surface area (Å²) in [6.45, 7) is 8.69. The van der Waals surface area contributed by atoms with Crippen molar-refractivity contribution >= 4 is 56.1 Å². The molecule has 0 aliphatic heterocycles. The first-order valence-corrected chi connectivity index (χ1v) is 25.7. The summed E-state index contributed by atoms with van der Waals surface area (Å²) < 4.78 is 7.35. The van der Waals surface area contributed by atoms with Crippen molar-refractivity contribution in [2.24, 2.45) is 0 Å². The van der Waals surface area contributed by atoms with Crippen LogP contribution in [0.2, 0.25) is 0 Å². The first-order chi connectivity index (χ1) is 36.3. The zero-order valence-corrected chi connectivity index (χ0v) is 41.9. The van der Waals surface area contributed by atoms with Gasteiger partial charge in [-0.2, -0.15) is 0 Å². The molecule has 0 bridgehead atoms. The molecule has 1 aromatic heterocycles. The fourth-order valence-electron chi connectivity index (χ4n) is 12.4. The Balaban J connectivity index is 1.06. The lowest BCUT2D eigenvalue weighted by Crippen LogP contribution is -2.26. The van der Waals surface area contributed by atoms with E-state index < -0.39 is 5.41 Å². The van der Waals surface area contributed by atoms with Gasteiger partial charge in [-0.3, -0.25) is 0 Å². The van der Waals surface area contributed by atoms with Crippen LogP contribution in [0.5, 0.6) is 0 Å². The van der Waals surface area contributed by atoms with E-state index in [0.29, 0.717) is 0 Å². The van der Waals surface area contributed by atoms with Crippen LogP contribution in [0.15, 0.2) is 247 Å². The number of para-hydroxylation sites is 1. The quantitative estimate of drug-likeness (QED) is 0.151. The van der Waals surface area contributed by atoms with Crippen LogP contribution < -0.4 is 9.80 Å². The number of nitrogens with zero attached hydrogens (tertiary/aromatic N) is 2. The Hall–Kier alpha value is -9.18. The zero-order chi connectivity index (χ0) is 49.7. The van der Waals surface area contributed by atoms with Crippen molar-refractivity contribution < 1.29 is 4.42 Å². The van der Waals surface area contributed by atoms with E-state index in [0.717, 1.165) is 61.6 Å². The Morgan fingerprint density at radius 3 is 1.32 bits per heavy atom. The van der Waals surface area contributed by atoms with E-state index in [1.807, 2.05) is 0 Å². The van der Waals surface area contributed by atoms with Gasteiger partial charge in [-0.1, -0.05) is 181 Å². The van der Waals surface area contributed by atoms with Crippen molar-refractivity contribution in [2.45, 2.75) is 33.1 Å². The molecule has 1 spiro atoms. The van der Waals surface area contributed by atoms with Crippen molar-refractivity contribution in [2.75, 3.05) is 9.80 Å². The Morgan fingerprint density at radius 2 is 0.784 bits per heavy atom. The van der Waals surface area contributed by atoms with Crippen molar-refractivity contribution in [3.05, 3.63) is 287 Å². The lowest BCUT2D eigenvalue weighted by atomic mass is 9.70. The molecular weight excluding hydrogens is 897 g/mol. The van der Waals surface area contributed by atoms with Crippen molar-refractivity contribution in [1.82, 2.24) is 0 Å². The smallest absolute Gasteiger partial charge is 0.145 e. The maximum Gasteiger partial charge on any atom is 0.145 e. The monoisotopic (exact) mass is 948 g/mol. The fourth-order valence-corrected chi connectivity index (χ4v) is 12.4. The number of rotatable bonds is 8. The van der Waals surface area contributed by atoms with Gasteiger partial charge in [0.1, 0.15) is 11.2 Å². The minimum Gasteiger partial charge on any atom is -0.455 e. The third kappa shape index (κ3) is 6.59. The molecule has 0 N–H and O–H groups in total. The summed E-state index contributed by atoms with van der Waals surface area (Å²) in [5, 5.41) is 2.17. The van der Waals surface area contributed by atoms with Crippen LogP contribution >= 0.6 is 0 Å². The molecule has 74 heavy (non-hydrogen) atoms. The summed E-state index contributed by atoms with van der Waals surface area (Å²) in [6.07, 6.45) is 0. The predicted molar refractivity (Wildman–Crippen MR) is 309 cm³/mol. The second kappa shape index (κ2) is 17.0. The largest absolute Gasteiger partial charge is 0.455 e.